The monoisotopic (exact) mass is 301 g/mol. The predicted octanol–water partition coefficient (Wildman–Crippen LogP) is 4.19. The van der Waals surface area contributed by atoms with Crippen LogP contribution in [0.1, 0.15) is 31.7 Å². The van der Waals surface area contributed by atoms with Gasteiger partial charge in [-0.05, 0) is 44.0 Å². The minimum atomic E-state index is 0.0678. The highest BCUT2D eigenvalue weighted by Gasteiger charge is 2.32. The molecule has 1 aliphatic heterocycles. The number of rotatable bonds is 9. The second kappa shape index (κ2) is 7.50. The van der Waals surface area contributed by atoms with Crippen molar-refractivity contribution >= 4 is 0 Å². The van der Waals surface area contributed by atoms with Gasteiger partial charge < -0.3 is 9.47 Å². The molecule has 1 heterocycles. The lowest BCUT2D eigenvalue weighted by Crippen LogP contribution is -2.48. The van der Waals surface area contributed by atoms with Crippen molar-refractivity contribution in [3.05, 3.63) is 49.1 Å². The Kier molecular flexibility index (Phi) is 5.67. The Labute approximate surface area is 134 Å². The Bertz CT molecular complexity index is 526. The average Bonchev–Trinajstić information content (AvgIpc) is 2.95. The van der Waals surface area contributed by atoms with E-state index < -0.39 is 0 Å². The minimum Gasteiger partial charge on any atom is -0.454 e. The molecule has 1 aromatic carbocycles. The third kappa shape index (κ3) is 3.53. The molecule has 0 bridgehead atoms. The van der Waals surface area contributed by atoms with E-state index in [0.29, 0.717) is 6.79 Å². The summed E-state index contributed by atoms with van der Waals surface area (Å²) in [4.78, 5) is 2.40. The fourth-order valence-corrected chi connectivity index (χ4v) is 3.30. The van der Waals surface area contributed by atoms with Crippen molar-refractivity contribution in [1.82, 2.24) is 4.90 Å². The molecule has 0 fully saturated rings. The molecule has 1 aliphatic rings. The first-order chi connectivity index (χ1) is 10.6. The Balaban J connectivity index is 2.27. The predicted molar refractivity (Wildman–Crippen MR) is 91.5 cm³/mol. The fourth-order valence-electron chi connectivity index (χ4n) is 3.30. The molecule has 3 nitrogen and oxygen atoms in total. The highest BCUT2D eigenvalue weighted by atomic mass is 16.7. The van der Waals surface area contributed by atoms with Gasteiger partial charge in [-0.2, -0.15) is 0 Å². The maximum Gasteiger partial charge on any atom is 0.231 e. The van der Waals surface area contributed by atoms with Crippen LogP contribution >= 0.6 is 0 Å². The van der Waals surface area contributed by atoms with Gasteiger partial charge in [-0.15, -0.1) is 13.2 Å². The van der Waals surface area contributed by atoms with E-state index in [-0.39, 0.29) is 5.54 Å². The Hall–Kier alpha value is -1.74. The van der Waals surface area contributed by atoms with E-state index in [1.54, 1.807) is 0 Å². The third-order valence-corrected chi connectivity index (χ3v) is 4.42. The van der Waals surface area contributed by atoms with Crippen LogP contribution in [-0.2, 0) is 6.42 Å². The summed E-state index contributed by atoms with van der Waals surface area (Å²) in [5, 5.41) is 0. The third-order valence-electron chi connectivity index (χ3n) is 4.42. The lowest BCUT2D eigenvalue weighted by atomic mass is 9.82. The molecule has 22 heavy (non-hydrogen) atoms. The van der Waals surface area contributed by atoms with Crippen molar-refractivity contribution < 1.29 is 9.47 Å². The van der Waals surface area contributed by atoms with Crippen LogP contribution in [0, 0.1) is 0 Å². The average molecular weight is 301 g/mol. The maximum absolute atomic E-state index is 5.51. The maximum atomic E-state index is 5.51. The van der Waals surface area contributed by atoms with Gasteiger partial charge in [0.1, 0.15) is 0 Å². The van der Waals surface area contributed by atoms with Gasteiger partial charge in [-0.25, -0.2) is 0 Å². The summed E-state index contributed by atoms with van der Waals surface area (Å²) >= 11 is 0. The van der Waals surface area contributed by atoms with Gasteiger partial charge in [0.15, 0.2) is 11.5 Å². The molecular formula is C19H27NO2. The first kappa shape index (κ1) is 16.6. The van der Waals surface area contributed by atoms with E-state index in [1.165, 1.54) is 5.56 Å². The van der Waals surface area contributed by atoms with E-state index in [2.05, 4.69) is 44.2 Å². The molecule has 0 N–H and O–H groups in total. The minimum absolute atomic E-state index is 0.0678. The van der Waals surface area contributed by atoms with Crippen molar-refractivity contribution in [3.63, 3.8) is 0 Å². The molecule has 1 atom stereocenters. The summed E-state index contributed by atoms with van der Waals surface area (Å²) in [7, 11) is 2.17. The van der Waals surface area contributed by atoms with Gasteiger partial charge in [0.2, 0.25) is 6.79 Å². The highest BCUT2D eigenvalue weighted by Crippen LogP contribution is 2.36. The van der Waals surface area contributed by atoms with Gasteiger partial charge in [0.05, 0.1) is 0 Å². The van der Waals surface area contributed by atoms with Crippen LogP contribution < -0.4 is 9.47 Å². The van der Waals surface area contributed by atoms with Crippen molar-refractivity contribution in [2.75, 3.05) is 20.4 Å². The summed E-state index contributed by atoms with van der Waals surface area (Å²) in [6, 6.07) is 6.26. The summed E-state index contributed by atoms with van der Waals surface area (Å²) in [6.45, 7) is 11.3. The number of hydrogen-bond acceptors (Lipinski definition) is 3. The molecule has 2 rings (SSSR count). The summed E-state index contributed by atoms with van der Waals surface area (Å²) in [5.41, 5.74) is 1.34. The molecule has 0 aromatic heterocycles. The fraction of sp³-hybridized carbons (Fsp3) is 0.474. The van der Waals surface area contributed by atoms with Gasteiger partial charge in [0, 0.05) is 12.1 Å². The SMILES string of the molecule is C=CCN(C)C(CC=C)(CCC)Cc1ccc2c(c1)OCO2. The number of ether oxygens (including phenoxy) is 2. The van der Waals surface area contributed by atoms with Crippen LogP contribution in [0.3, 0.4) is 0 Å². The molecule has 0 saturated heterocycles. The Morgan fingerprint density at radius 1 is 1.23 bits per heavy atom. The normalized spacial score (nSPS) is 15.6. The van der Waals surface area contributed by atoms with Crippen LogP contribution in [0.25, 0.3) is 0 Å². The number of likely N-dealkylation sites (N-methyl/N-ethyl adjacent to an activating group) is 1. The first-order valence-electron chi connectivity index (χ1n) is 7.96. The number of nitrogens with zero attached hydrogens (tertiary/aromatic N) is 1. The van der Waals surface area contributed by atoms with Gasteiger partial charge in [0.25, 0.3) is 0 Å². The van der Waals surface area contributed by atoms with Crippen LogP contribution in [0.15, 0.2) is 43.5 Å². The second-order valence-corrected chi connectivity index (χ2v) is 6.00. The van der Waals surface area contributed by atoms with E-state index in [1.807, 2.05) is 18.2 Å². The van der Waals surface area contributed by atoms with E-state index in [0.717, 1.165) is 43.7 Å². The van der Waals surface area contributed by atoms with Crippen LogP contribution in [0.5, 0.6) is 11.5 Å². The zero-order valence-corrected chi connectivity index (χ0v) is 13.8. The lowest BCUT2D eigenvalue weighted by Gasteiger charge is -2.41. The van der Waals surface area contributed by atoms with E-state index in [4.69, 9.17) is 9.47 Å². The number of benzene rings is 1. The molecule has 1 unspecified atom stereocenters. The first-order valence-corrected chi connectivity index (χ1v) is 7.96. The van der Waals surface area contributed by atoms with E-state index in [9.17, 15) is 0 Å². The molecule has 120 valence electrons. The van der Waals surface area contributed by atoms with Crippen molar-refractivity contribution in [2.45, 2.75) is 38.1 Å². The summed E-state index contributed by atoms with van der Waals surface area (Å²) < 4.78 is 10.9. The Morgan fingerprint density at radius 2 is 2.00 bits per heavy atom. The molecule has 0 radical (unpaired) electrons. The molecular weight excluding hydrogens is 274 g/mol. The standard InChI is InChI=1S/C19H27NO2/c1-5-10-19(11-6-2,20(4)12-7-3)14-16-8-9-17-18(13-16)22-15-21-17/h5,7-9,13H,1,3,6,10-12,14-15H2,2,4H3. The van der Waals surface area contributed by atoms with Crippen molar-refractivity contribution in [3.8, 4) is 11.5 Å². The van der Waals surface area contributed by atoms with Gasteiger partial charge in [-0.3, -0.25) is 4.90 Å². The molecule has 1 aromatic rings. The topological polar surface area (TPSA) is 21.7 Å². The molecule has 0 spiro atoms. The molecule has 0 aliphatic carbocycles. The molecule has 3 heteroatoms. The number of fused-ring (bicyclic) bond motifs is 1. The highest BCUT2D eigenvalue weighted by molar-refractivity contribution is 5.45. The molecule has 0 saturated carbocycles. The second-order valence-electron chi connectivity index (χ2n) is 6.00. The van der Waals surface area contributed by atoms with Gasteiger partial charge in [-0.1, -0.05) is 31.6 Å². The zero-order chi connectivity index (χ0) is 16.0. The summed E-state index contributed by atoms with van der Waals surface area (Å²) in [6.07, 6.45) is 8.18. The van der Waals surface area contributed by atoms with Crippen LogP contribution in [-0.4, -0.2) is 30.8 Å². The van der Waals surface area contributed by atoms with Crippen molar-refractivity contribution in [2.24, 2.45) is 0 Å². The number of hydrogen-bond donors (Lipinski definition) is 0. The quantitative estimate of drug-likeness (QED) is 0.638. The van der Waals surface area contributed by atoms with E-state index >= 15 is 0 Å². The zero-order valence-electron chi connectivity index (χ0n) is 13.8. The smallest absolute Gasteiger partial charge is 0.231 e. The Morgan fingerprint density at radius 3 is 2.68 bits per heavy atom. The molecule has 0 amide bonds. The summed E-state index contributed by atoms with van der Waals surface area (Å²) in [5.74, 6) is 1.70. The van der Waals surface area contributed by atoms with Crippen LogP contribution in [0.2, 0.25) is 0 Å². The van der Waals surface area contributed by atoms with Crippen LogP contribution in [0.4, 0.5) is 0 Å². The van der Waals surface area contributed by atoms with Crippen molar-refractivity contribution in [1.29, 1.82) is 0 Å². The lowest BCUT2D eigenvalue weighted by molar-refractivity contribution is 0.122. The van der Waals surface area contributed by atoms with Gasteiger partial charge >= 0.3 is 0 Å². The largest absolute Gasteiger partial charge is 0.454 e.